The van der Waals surface area contributed by atoms with Gasteiger partial charge in [-0.05, 0) is 12.1 Å². The second-order valence-electron chi connectivity index (χ2n) is 3.56. The highest BCUT2D eigenvalue weighted by atomic mass is 16.5. The van der Waals surface area contributed by atoms with Crippen LogP contribution in [0.4, 0.5) is 0 Å². The van der Waals surface area contributed by atoms with Gasteiger partial charge in [0.05, 0.1) is 5.56 Å². The second kappa shape index (κ2) is 3.88. The van der Waals surface area contributed by atoms with Crippen LogP contribution in [0.25, 0.3) is 23.1 Å². The van der Waals surface area contributed by atoms with Gasteiger partial charge < -0.3 is 19.7 Å². The van der Waals surface area contributed by atoms with Gasteiger partial charge in [0.15, 0.2) is 5.82 Å². The lowest BCUT2D eigenvalue weighted by Crippen LogP contribution is -1.83. The number of nitrogens with one attached hydrogen (secondary N) is 1. The van der Waals surface area contributed by atoms with E-state index < -0.39 is 0 Å². The monoisotopic (exact) mass is 244 g/mol. The third kappa shape index (κ3) is 1.67. The van der Waals surface area contributed by atoms with Gasteiger partial charge in [-0.2, -0.15) is 4.98 Å². The topological polar surface area (TPSA) is 108 Å². The average Bonchev–Trinajstić information content (AvgIpc) is 2.99. The van der Waals surface area contributed by atoms with Crippen molar-refractivity contribution in [1.29, 1.82) is 0 Å². The van der Waals surface area contributed by atoms with Crippen LogP contribution in [0.1, 0.15) is 0 Å². The summed E-state index contributed by atoms with van der Waals surface area (Å²) in [7, 11) is 0. The fourth-order valence-corrected chi connectivity index (χ4v) is 1.52. The predicted octanol–water partition coefficient (Wildman–Crippen LogP) is 1.54. The highest BCUT2D eigenvalue weighted by molar-refractivity contribution is 5.64. The molecule has 2 heterocycles. The molecule has 0 aliphatic rings. The van der Waals surface area contributed by atoms with Crippen LogP contribution in [0.5, 0.6) is 11.5 Å². The zero-order valence-electron chi connectivity index (χ0n) is 9.03. The summed E-state index contributed by atoms with van der Waals surface area (Å²) in [5.74, 6) is 0.747. The Hall–Kier alpha value is -2.83. The van der Waals surface area contributed by atoms with Gasteiger partial charge in [0.25, 0.3) is 5.89 Å². The molecule has 7 heteroatoms. The van der Waals surface area contributed by atoms with Crippen LogP contribution >= 0.6 is 0 Å². The molecule has 3 N–H and O–H groups in total. The van der Waals surface area contributed by atoms with E-state index >= 15 is 0 Å². The first-order chi connectivity index (χ1) is 8.74. The lowest BCUT2D eigenvalue weighted by atomic mass is 10.2. The van der Waals surface area contributed by atoms with Gasteiger partial charge in [-0.1, -0.05) is 5.16 Å². The molecule has 0 fully saturated rings. The van der Waals surface area contributed by atoms with E-state index in [0.29, 0.717) is 17.2 Å². The number of benzene rings is 1. The normalized spacial score (nSPS) is 10.7. The molecule has 0 bridgehead atoms. The highest BCUT2D eigenvalue weighted by Gasteiger charge is 2.15. The van der Waals surface area contributed by atoms with Gasteiger partial charge in [-0.25, -0.2) is 4.98 Å². The molecule has 0 amide bonds. The van der Waals surface area contributed by atoms with Crippen molar-refractivity contribution in [1.82, 2.24) is 20.1 Å². The minimum absolute atomic E-state index is 0.0398. The number of imidazole rings is 1. The summed E-state index contributed by atoms with van der Waals surface area (Å²) in [6.07, 6.45) is 3.22. The van der Waals surface area contributed by atoms with Crippen molar-refractivity contribution in [3.8, 4) is 34.6 Å². The van der Waals surface area contributed by atoms with Gasteiger partial charge in [0.2, 0.25) is 5.82 Å². The lowest BCUT2D eigenvalue weighted by molar-refractivity contribution is 0.423. The Morgan fingerprint density at radius 3 is 2.83 bits per heavy atom. The number of phenols is 2. The van der Waals surface area contributed by atoms with E-state index in [9.17, 15) is 10.2 Å². The number of aromatic amines is 1. The Bertz CT molecular complexity index is 675. The Labute approximate surface area is 101 Å². The number of hydrogen-bond acceptors (Lipinski definition) is 6. The van der Waals surface area contributed by atoms with E-state index in [1.54, 1.807) is 12.4 Å². The smallest absolute Gasteiger partial charge is 0.262 e. The van der Waals surface area contributed by atoms with Gasteiger partial charge in [0.1, 0.15) is 11.5 Å². The van der Waals surface area contributed by atoms with Crippen molar-refractivity contribution in [2.45, 2.75) is 0 Å². The van der Waals surface area contributed by atoms with Gasteiger partial charge in [-0.15, -0.1) is 0 Å². The van der Waals surface area contributed by atoms with Crippen LogP contribution in [0.2, 0.25) is 0 Å². The standard InChI is InChI=1S/C11H8N4O3/c16-6-1-2-7(8(17)5-6)11-14-10(15-18-11)9-12-3-4-13-9/h1-5,16-17H,(H,12,13). The summed E-state index contributed by atoms with van der Waals surface area (Å²) < 4.78 is 5.03. The summed E-state index contributed by atoms with van der Waals surface area (Å²) in [6.45, 7) is 0. The van der Waals surface area contributed by atoms with E-state index in [4.69, 9.17) is 4.52 Å². The molecule has 1 aromatic carbocycles. The van der Waals surface area contributed by atoms with Gasteiger partial charge >= 0.3 is 0 Å². The van der Waals surface area contributed by atoms with E-state index in [1.165, 1.54) is 18.2 Å². The van der Waals surface area contributed by atoms with Crippen molar-refractivity contribution >= 4 is 0 Å². The quantitative estimate of drug-likeness (QED) is 0.631. The number of aromatic hydroxyl groups is 2. The number of rotatable bonds is 2. The van der Waals surface area contributed by atoms with Crippen LogP contribution in [-0.2, 0) is 0 Å². The van der Waals surface area contributed by atoms with Crippen molar-refractivity contribution in [2.24, 2.45) is 0 Å². The number of phenolic OH excluding ortho intramolecular Hbond substituents is 2. The van der Waals surface area contributed by atoms with Crippen LogP contribution in [0, 0.1) is 0 Å². The zero-order chi connectivity index (χ0) is 12.5. The van der Waals surface area contributed by atoms with Gasteiger partial charge in [0, 0.05) is 18.5 Å². The third-order valence-electron chi connectivity index (χ3n) is 2.35. The summed E-state index contributed by atoms with van der Waals surface area (Å²) in [5, 5.41) is 22.6. The fraction of sp³-hybridized carbons (Fsp3) is 0. The summed E-state index contributed by atoms with van der Waals surface area (Å²) >= 11 is 0. The SMILES string of the molecule is Oc1ccc(-c2nc(-c3ncc[nH]3)no2)c(O)c1. The summed E-state index contributed by atoms with van der Waals surface area (Å²) in [4.78, 5) is 10.9. The minimum Gasteiger partial charge on any atom is -0.508 e. The Morgan fingerprint density at radius 1 is 1.22 bits per heavy atom. The number of H-pyrrole nitrogens is 1. The Morgan fingerprint density at radius 2 is 2.11 bits per heavy atom. The number of hydrogen-bond donors (Lipinski definition) is 3. The van der Waals surface area contributed by atoms with Crippen molar-refractivity contribution in [3.63, 3.8) is 0 Å². The maximum absolute atomic E-state index is 9.67. The fourth-order valence-electron chi connectivity index (χ4n) is 1.52. The van der Waals surface area contributed by atoms with Crippen LogP contribution in [0.3, 0.4) is 0 Å². The average molecular weight is 244 g/mol. The Balaban J connectivity index is 2.03. The largest absolute Gasteiger partial charge is 0.508 e. The number of aromatic nitrogens is 4. The molecule has 18 heavy (non-hydrogen) atoms. The highest BCUT2D eigenvalue weighted by Crippen LogP contribution is 2.31. The van der Waals surface area contributed by atoms with Crippen molar-refractivity contribution in [2.75, 3.05) is 0 Å². The molecule has 7 nitrogen and oxygen atoms in total. The van der Waals surface area contributed by atoms with E-state index in [2.05, 4.69) is 20.1 Å². The van der Waals surface area contributed by atoms with E-state index in [0.717, 1.165) is 0 Å². The first-order valence-corrected chi connectivity index (χ1v) is 5.10. The van der Waals surface area contributed by atoms with E-state index in [1.807, 2.05) is 0 Å². The van der Waals surface area contributed by atoms with Crippen LogP contribution in [-0.4, -0.2) is 30.3 Å². The third-order valence-corrected chi connectivity index (χ3v) is 2.35. The first-order valence-electron chi connectivity index (χ1n) is 5.10. The predicted molar refractivity (Wildman–Crippen MR) is 60.6 cm³/mol. The van der Waals surface area contributed by atoms with E-state index in [-0.39, 0.29) is 17.4 Å². The van der Waals surface area contributed by atoms with Crippen LogP contribution in [0.15, 0.2) is 35.1 Å². The zero-order valence-corrected chi connectivity index (χ0v) is 9.03. The minimum atomic E-state index is -0.135. The summed E-state index contributed by atoms with van der Waals surface area (Å²) in [6, 6.07) is 4.11. The molecule has 90 valence electrons. The molecule has 3 rings (SSSR count). The molecule has 0 saturated heterocycles. The Kier molecular flexibility index (Phi) is 2.23. The molecule has 0 spiro atoms. The maximum Gasteiger partial charge on any atom is 0.262 e. The second-order valence-corrected chi connectivity index (χ2v) is 3.56. The molecule has 0 aliphatic carbocycles. The maximum atomic E-state index is 9.67. The molecule has 0 atom stereocenters. The molecule has 2 aromatic heterocycles. The molecule has 0 unspecified atom stereocenters. The van der Waals surface area contributed by atoms with Gasteiger partial charge in [-0.3, -0.25) is 0 Å². The molecule has 0 radical (unpaired) electrons. The molecular weight excluding hydrogens is 236 g/mol. The lowest BCUT2D eigenvalue weighted by Gasteiger charge is -1.98. The van der Waals surface area contributed by atoms with Crippen molar-refractivity contribution < 1.29 is 14.7 Å². The molecule has 0 aliphatic heterocycles. The molecule has 0 saturated carbocycles. The van der Waals surface area contributed by atoms with Crippen LogP contribution < -0.4 is 0 Å². The molecule has 3 aromatic rings. The molecular formula is C11H8N4O3. The summed E-state index contributed by atoms with van der Waals surface area (Å²) in [5.41, 5.74) is 0.345. The number of nitrogens with zero attached hydrogens (tertiary/aromatic N) is 3. The van der Waals surface area contributed by atoms with Crippen molar-refractivity contribution in [3.05, 3.63) is 30.6 Å². The first kappa shape index (κ1) is 10.3.